The highest BCUT2D eigenvalue weighted by Gasteiger charge is 2.17. The molecule has 1 fully saturated rings. The van der Waals surface area contributed by atoms with Crippen molar-refractivity contribution < 1.29 is 0 Å². The van der Waals surface area contributed by atoms with Crippen molar-refractivity contribution in [3.05, 3.63) is 11.4 Å². The molecule has 0 amide bonds. The maximum Gasteiger partial charge on any atom is 0.134 e. The van der Waals surface area contributed by atoms with Crippen LogP contribution < -0.4 is 11.1 Å². The molecule has 0 radical (unpaired) electrons. The van der Waals surface area contributed by atoms with Crippen LogP contribution in [0.3, 0.4) is 0 Å². The van der Waals surface area contributed by atoms with E-state index in [0.717, 1.165) is 49.2 Å². The number of likely N-dealkylation sites (tertiary alicyclic amines) is 1. The first-order valence-corrected chi connectivity index (χ1v) is 8.22. The molecule has 118 valence electrons. The fraction of sp³-hybridized carbons (Fsp3) is 0.750. The predicted octanol–water partition coefficient (Wildman–Crippen LogP) is 2.61. The smallest absolute Gasteiger partial charge is 0.134 e. The predicted molar refractivity (Wildman–Crippen MR) is 88.6 cm³/mol. The van der Waals surface area contributed by atoms with Crippen LogP contribution in [0.25, 0.3) is 0 Å². The summed E-state index contributed by atoms with van der Waals surface area (Å²) in [5, 5.41) is 3.43. The van der Waals surface area contributed by atoms with Gasteiger partial charge < -0.3 is 16.0 Å². The number of rotatable bonds is 6. The number of nitrogen functional groups attached to an aromatic ring is 1. The van der Waals surface area contributed by atoms with Crippen LogP contribution in [0.5, 0.6) is 0 Å². The van der Waals surface area contributed by atoms with E-state index in [1.165, 1.54) is 25.8 Å². The van der Waals surface area contributed by atoms with Crippen LogP contribution in [0.15, 0.2) is 0 Å². The summed E-state index contributed by atoms with van der Waals surface area (Å²) in [7, 11) is 0. The Bertz CT molecular complexity index is 460. The third-order valence-corrected chi connectivity index (χ3v) is 4.40. The molecule has 0 aromatic carbocycles. The van der Waals surface area contributed by atoms with Crippen LogP contribution in [-0.2, 0) is 6.42 Å². The zero-order chi connectivity index (χ0) is 15.2. The number of anilines is 2. The van der Waals surface area contributed by atoms with Crippen LogP contribution in [-0.4, -0.2) is 40.5 Å². The fourth-order valence-corrected chi connectivity index (χ4v) is 2.89. The van der Waals surface area contributed by atoms with Crippen molar-refractivity contribution >= 4 is 11.6 Å². The summed E-state index contributed by atoms with van der Waals surface area (Å²) >= 11 is 0. The van der Waals surface area contributed by atoms with Crippen LogP contribution in [0.1, 0.15) is 50.9 Å². The van der Waals surface area contributed by atoms with Gasteiger partial charge in [0.15, 0.2) is 0 Å². The Morgan fingerprint density at radius 2 is 2.14 bits per heavy atom. The molecule has 0 saturated carbocycles. The first-order chi connectivity index (χ1) is 10.1. The highest BCUT2D eigenvalue weighted by atomic mass is 15.2. The summed E-state index contributed by atoms with van der Waals surface area (Å²) < 4.78 is 0. The molecule has 1 aliphatic heterocycles. The van der Waals surface area contributed by atoms with Gasteiger partial charge in [-0.2, -0.15) is 0 Å². The quantitative estimate of drug-likeness (QED) is 0.789. The second-order valence-corrected chi connectivity index (χ2v) is 6.01. The zero-order valence-corrected chi connectivity index (χ0v) is 13.7. The molecule has 5 nitrogen and oxygen atoms in total. The molecule has 1 aromatic rings. The Hall–Kier alpha value is -1.36. The van der Waals surface area contributed by atoms with E-state index in [-0.39, 0.29) is 0 Å². The van der Waals surface area contributed by atoms with E-state index in [9.17, 15) is 0 Å². The van der Waals surface area contributed by atoms with E-state index in [1.54, 1.807) is 0 Å². The molecule has 1 aromatic heterocycles. The van der Waals surface area contributed by atoms with E-state index in [2.05, 4.69) is 27.1 Å². The average molecular weight is 291 g/mol. The molecule has 0 bridgehead atoms. The minimum atomic E-state index is 0.592. The van der Waals surface area contributed by atoms with Crippen LogP contribution in [0.4, 0.5) is 11.6 Å². The fourth-order valence-electron chi connectivity index (χ4n) is 2.89. The number of hydrogen-bond donors (Lipinski definition) is 2. The minimum absolute atomic E-state index is 0.592. The molecular formula is C16H29N5. The van der Waals surface area contributed by atoms with Crippen molar-refractivity contribution in [1.82, 2.24) is 14.9 Å². The summed E-state index contributed by atoms with van der Waals surface area (Å²) in [4.78, 5) is 11.4. The first-order valence-electron chi connectivity index (χ1n) is 8.22. The molecular weight excluding hydrogens is 262 g/mol. The second-order valence-electron chi connectivity index (χ2n) is 6.01. The average Bonchev–Trinajstić information content (AvgIpc) is 2.49. The SMILES string of the molecule is CCc1nc(N)c(C)c(NCCCN2CCCCC2C)n1. The van der Waals surface area contributed by atoms with Gasteiger partial charge in [0.05, 0.1) is 0 Å². The summed E-state index contributed by atoms with van der Waals surface area (Å²) in [6, 6.07) is 0.738. The monoisotopic (exact) mass is 291 g/mol. The third kappa shape index (κ3) is 4.30. The number of piperidine rings is 1. The minimum Gasteiger partial charge on any atom is -0.383 e. The Balaban J connectivity index is 1.82. The summed E-state index contributed by atoms with van der Waals surface area (Å²) in [5.41, 5.74) is 6.89. The highest BCUT2D eigenvalue weighted by Crippen LogP contribution is 2.18. The number of aryl methyl sites for hydroxylation is 1. The molecule has 1 saturated heterocycles. The van der Waals surface area contributed by atoms with Crippen molar-refractivity contribution in [3.63, 3.8) is 0 Å². The standard InChI is InChI=1S/C16H29N5/c1-4-14-19-15(17)13(3)16(20-14)18-9-7-11-21-10-6-5-8-12(21)2/h12H,4-11H2,1-3H3,(H3,17,18,19,20). The highest BCUT2D eigenvalue weighted by molar-refractivity contribution is 5.54. The lowest BCUT2D eigenvalue weighted by Crippen LogP contribution is -2.38. The van der Waals surface area contributed by atoms with Crippen molar-refractivity contribution in [1.29, 1.82) is 0 Å². The number of nitrogens with two attached hydrogens (primary N) is 1. The van der Waals surface area contributed by atoms with E-state index < -0.39 is 0 Å². The van der Waals surface area contributed by atoms with Crippen LogP contribution in [0, 0.1) is 6.92 Å². The van der Waals surface area contributed by atoms with Crippen LogP contribution >= 0.6 is 0 Å². The topological polar surface area (TPSA) is 67.1 Å². The zero-order valence-electron chi connectivity index (χ0n) is 13.7. The van der Waals surface area contributed by atoms with Gasteiger partial charge in [-0.15, -0.1) is 0 Å². The van der Waals surface area contributed by atoms with Gasteiger partial charge in [-0.05, 0) is 39.7 Å². The van der Waals surface area contributed by atoms with Crippen molar-refractivity contribution in [2.45, 2.75) is 58.9 Å². The third-order valence-electron chi connectivity index (χ3n) is 4.40. The maximum atomic E-state index is 5.94. The van der Waals surface area contributed by atoms with E-state index in [1.807, 2.05) is 13.8 Å². The van der Waals surface area contributed by atoms with Gasteiger partial charge in [0.25, 0.3) is 0 Å². The molecule has 5 heteroatoms. The van der Waals surface area contributed by atoms with Gasteiger partial charge >= 0.3 is 0 Å². The van der Waals surface area contributed by atoms with Gasteiger partial charge in [0.2, 0.25) is 0 Å². The first kappa shape index (κ1) is 16.0. The Labute approximate surface area is 128 Å². The number of hydrogen-bond acceptors (Lipinski definition) is 5. The molecule has 0 aliphatic carbocycles. The summed E-state index contributed by atoms with van der Waals surface area (Å²) in [6.07, 6.45) is 6.02. The van der Waals surface area contributed by atoms with Crippen molar-refractivity contribution in [2.75, 3.05) is 30.7 Å². The maximum absolute atomic E-state index is 5.94. The number of nitrogens with zero attached hydrogens (tertiary/aromatic N) is 3. The largest absolute Gasteiger partial charge is 0.383 e. The molecule has 1 atom stereocenters. The molecule has 1 aliphatic rings. The molecule has 1 unspecified atom stereocenters. The lowest BCUT2D eigenvalue weighted by atomic mass is 10.0. The Morgan fingerprint density at radius 3 is 2.86 bits per heavy atom. The Morgan fingerprint density at radius 1 is 1.33 bits per heavy atom. The van der Waals surface area contributed by atoms with Crippen LogP contribution in [0.2, 0.25) is 0 Å². The number of aromatic nitrogens is 2. The van der Waals surface area contributed by atoms with Gasteiger partial charge in [-0.3, -0.25) is 0 Å². The summed E-state index contributed by atoms with van der Waals surface area (Å²) in [5.74, 6) is 2.30. The van der Waals surface area contributed by atoms with Gasteiger partial charge in [0, 0.05) is 31.1 Å². The summed E-state index contributed by atoms with van der Waals surface area (Å²) in [6.45, 7) is 9.71. The van der Waals surface area contributed by atoms with Gasteiger partial charge in [-0.25, -0.2) is 9.97 Å². The molecule has 0 spiro atoms. The van der Waals surface area contributed by atoms with E-state index in [4.69, 9.17) is 5.73 Å². The van der Waals surface area contributed by atoms with Crippen molar-refractivity contribution in [3.8, 4) is 0 Å². The van der Waals surface area contributed by atoms with Crippen molar-refractivity contribution in [2.24, 2.45) is 0 Å². The lowest BCUT2D eigenvalue weighted by molar-refractivity contribution is 0.160. The molecule has 2 heterocycles. The van der Waals surface area contributed by atoms with Gasteiger partial charge in [0.1, 0.15) is 17.5 Å². The molecule has 2 rings (SSSR count). The Kier molecular flexibility index (Phi) is 5.79. The second kappa shape index (κ2) is 7.59. The normalized spacial score (nSPS) is 19.7. The lowest BCUT2D eigenvalue weighted by Gasteiger charge is -2.33. The molecule has 21 heavy (non-hydrogen) atoms. The van der Waals surface area contributed by atoms with Gasteiger partial charge in [-0.1, -0.05) is 13.3 Å². The van der Waals surface area contributed by atoms with E-state index in [0.29, 0.717) is 5.82 Å². The number of nitrogens with one attached hydrogen (secondary N) is 1. The molecule has 3 N–H and O–H groups in total. The van der Waals surface area contributed by atoms with E-state index >= 15 is 0 Å².